The zero-order valence-electron chi connectivity index (χ0n) is 10.5. The highest BCUT2D eigenvalue weighted by Crippen LogP contribution is 2.29. The second-order valence-corrected chi connectivity index (χ2v) is 5.54. The molecule has 2 nitrogen and oxygen atoms in total. The van der Waals surface area contributed by atoms with E-state index in [0.29, 0.717) is 12.5 Å². The number of rotatable bonds is 5. The highest BCUT2D eigenvalue weighted by Gasteiger charge is 2.22. The number of ether oxygens (including phenoxy) is 1. The Morgan fingerprint density at radius 1 is 1.14 bits per heavy atom. The normalized spacial score (nSPS) is 17.1. The molecule has 0 aliphatic rings. The highest BCUT2D eigenvalue weighted by atomic mass is 16.5. The summed E-state index contributed by atoms with van der Waals surface area (Å²) in [6.45, 7) is 13.2. The van der Waals surface area contributed by atoms with Gasteiger partial charge in [0.15, 0.2) is 0 Å². The van der Waals surface area contributed by atoms with Crippen molar-refractivity contribution in [2.45, 2.75) is 60.2 Å². The Hall–Kier alpha value is -0.0800. The largest absolute Gasteiger partial charge is 0.391 e. The third-order valence-corrected chi connectivity index (χ3v) is 2.73. The minimum Gasteiger partial charge on any atom is -0.391 e. The average Bonchev–Trinajstić information content (AvgIpc) is 1.99. The zero-order chi connectivity index (χ0) is 11.4. The van der Waals surface area contributed by atoms with E-state index in [4.69, 9.17) is 4.74 Å². The molecule has 0 aromatic carbocycles. The van der Waals surface area contributed by atoms with Crippen LogP contribution in [-0.2, 0) is 4.74 Å². The van der Waals surface area contributed by atoms with Gasteiger partial charge in [-0.15, -0.1) is 0 Å². The van der Waals surface area contributed by atoms with E-state index in [9.17, 15) is 5.11 Å². The molecule has 0 aromatic rings. The van der Waals surface area contributed by atoms with E-state index in [1.807, 2.05) is 13.8 Å². The molecule has 0 heterocycles. The zero-order valence-corrected chi connectivity index (χ0v) is 10.5. The first-order chi connectivity index (χ1) is 6.23. The van der Waals surface area contributed by atoms with E-state index in [2.05, 4.69) is 27.7 Å². The lowest BCUT2D eigenvalue weighted by molar-refractivity contribution is -0.00965. The fourth-order valence-electron chi connectivity index (χ4n) is 1.13. The van der Waals surface area contributed by atoms with E-state index >= 15 is 0 Å². The van der Waals surface area contributed by atoms with E-state index in [1.54, 1.807) is 0 Å². The maximum Gasteiger partial charge on any atom is 0.0776 e. The Balaban J connectivity index is 3.77. The van der Waals surface area contributed by atoms with Crippen molar-refractivity contribution in [1.29, 1.82) is 0 Å². The van der Waals surface area contributed by atoms with Gasteiger partial charge in [-0.1, -0.05) is 27.7 Å². The lowest BCUT2D eigenvalue weighted by atomic mass is 9.79. The predicted molar refractivity (Wildman–Crippen MR) is 60.3 cm³/mol. The van der Waals surface area contributed by atoms with Gasteiger partial charge in [0.1, 0.15) is 0 Å². The van der Waals surface area contributed by atoms with Gasteiger partial charge >= 0.3 is 0 Å². The molecule has 0 radical (unpaired) electrons. The maximum absolute atomic E-state index is 9.71. The standard InChI is InChI=1S/C12H26O2/c1-9(2)14-8-11(13)7-10(3)12(4,5)6/h9-11,13H,7-8H2,1-6H3. The summed E-state index contributed by atoms with van der Waals surface area (Å²) >= 11 is 0. The Bertz CT molecular complexity index is 147. The minimum atomic E-state index is -0.327. The van der Waals surface area contributed by atoms with Crippen molar-refractivity contribution < 1.29 is 9.84 Å². The highest BCUT2D eigenvalue weighted by molar-refractivity contribution is 4.73. The molecule has 1 N–H and O–H groups in total. The van der Waals surface area contributed by atoms with E-state index in [-0.39, 0.29) is 17.6 Å². The van der Waals surface area contributed by atoms with Crippen molar-refractivity contribution in [3.8, 4) is 0 Å². The van der Waals surface area contributed by atoms with Gasteiger partial charge in [-0.3, -0.25) is 0 Å². The average molecular weight is 202 g/mol. The van der Waals surface area contributed by atoms with E-state index in [1.165, 1.54) is 0 Å². The van der Waals surface area contributed by atoms with Gasteiger partial charge in [-0.2, -0.15) is 0 Å². The lowest BCUT2D eigenvalue weighted by Gasteiger charge is -2.29. The Morgan fingerprint density at radius 3 is 2.00 bits per heavy atom. The van der Waals surface area contributed by atoms with Crippen LogP contribution in [0, 0.1) is 11.3 Å². The lowest BCUT2D eigenvalue weighted by Crippen LogP contribution is -2.26. The van der Waals surface area contributed by atoms with Crippen LogP contribution in [0.5, 0.6) is 0 Å². The molecule has 2 atom stereocenters. The van der Waals surface area contributed by atoms with E-state index < -0.39 is 0 Å². The van der Waals surface area contributed by atoms with Gasteiger partial charge in [-0.05, 0) is 31.6 Å². The molecule has 0 rings (SSSR count). The Morgan fingerprint density at radius 2 is 1.64 bits per heavy atom. The summed E-state index contributed by atoms with van der Waals surface area (Å²) < 4.78 is 5.37. The summed E-state index contributed by atoms with van der Waals surface area (Å²) in [7, 11) is 0. The summed E-state index contributed by atoms with van der Waals surface area (Å²) in [5.74, 6) is 0.508. The van der Waals surface area contributed by atoms with Crippen molar-refractivity contribution in [2.75, 3.05) is 6.61 Å². The molecular formula is C12H26O2. The van der Waals surface area contributed by atoms with Crippen molar-refractivity contribution >= 4 is 0 Å². The fourth-order valence-corrected chi connectivity index (χ4v) is 1.13. The number of aliphatic hydroxyl groups excluding tert-OH is 1. The topological polar surface area (TPSA) is 29.5 Å². The van der Waals surface area contributed by atoms with Gasteiger partial charge in [-0.25, -0.2) is 0 Å². The van der Waals surface area contributed by atoms with Crippen LogP contribution in [0.15, 0.2) is 0 Å². The van der Waals surface area contributed by atoms with Gasteiger partial charge in [0.25, 0.3) is 0 Å². The SMILES string of the molecule is CC(C)OCC(O)CC(C)C(C)(C)C. The third-order valence-electron chi connectivity index (χ3n) is 2.73. The number of hydrogen-bond acceptors (Lipinski definition) is 2. The first-order valence-electron chi connectivity index (χ1n) is 5.53. The summed E-state index contributed by atoms with van der Waals surface area (Å²) in [6.07, 6.45) is 0.692. The molecule has 14 heavy (non-hydrogen) atoms. The number of hydrogen-bond donors (Lipinski definition) is 1. The summed E-state index contributed by atoms with van der Waals surface area (Å²) in [5, 5.41) is 9.71. The summed E-state index contributed by atoms with van der Waals surface area (Å²) in [4.78, 5) is 0. The minimum absolute atomic E-state index is 0.203. The molecule has 2 heteroatoms. The number of aliphatic hydroxyl groups is 1. The van der Waals surface area contributed by atoms with E-state index in [0.717, 1.165) is 6.42 Å². The second kappa shape index (κ2) is 5.72. The van der Waals surface area contributed by atoms with Crippen molar-refractivity contribution in [2.24, 2.45) is 11.3 Å². The quantitative estimate of drug-likeness (QED) is 0.743. The van der Waals surface area contributed by atoms with Gasteiger partial charge < -0.3 is 9.84 Å². The van der Waals surface area contributed by atoms with Crippen LogP contribution in [0.3, 0.4) is 0 Å². The first-order valence-corrected chi connectivity index (χ1v) is 5.53. The predicted octanol–water partition coefficient (Wildman–Crippen LogP) is 2.84. The van der Waals surface area contributed by atoms with Crippen LogP contribution < -0.4 is 0 Å². The van der Waals surface area contributed by atoms with Crippen LogP contribution in [-0.4, -0.2) is 23.9 Å². The van der Waals surface area contributed by atoms with Crippen LogP contribution in [0.1, 0.15) is 48.0 Å². The second-order valence-electron chi connectivity index (χ2n) is 5.54. The van der Waals surface area contributed by atoms with Crippen molar-refractivity contribution in [3.63, 3.8) is 0 Å². The third kappa shape index (κ3) is 6.39. The molecule has 0 spiro atoms. The monoisotopic (exact) mass is 202 g/mol. The molecule has 0 saturated carbocycles. The fraction of sp³-hybridized carbons (Fsp3) is 1.00. The summed E-state index contributed by atoms with van der Waals surface area (Å²) in [5.41, 5.74) is 0.263. The molecule has 0 aromatic heterocycles. The molecule has 86 valence electrons. The Kier molecular flexibility index (Phi) is 5.68. The molecule has 0 aliphatic carbocycles. The molecule has 0 fully saturated rings. The molecule has 0 aliphatic heterocycles. The maximum atomic E-state index is 9.71. The molecule has 0 amide bonds. The summed E-state index contributed by atoms with van der Waals surface area (Å²) in [6, 6.07) is 0. The van der Waals surface area contributed by atoms with Crippen LogP contribution >= 0.6 is 0 Å². The van der Waals surface area contributed by atoms with Crippen molar-refractivity contribution in [3.05, 3.63) is 0 Å². The van der Waals surface area contributed by atoms with Gasteiger partial charge in [0, 0.05) is 0 Å². The smallest absolute Gasteiger partial charge is 0.0776 e. The molecular weight excluding hydrogens is 176 g/mol. The molecule has 2 unspecified atom stereocenters. The van der Waals surface area contributed by atoms with Crippen LogP contribution in [0.25, 0.3) is 0 Å². The molecule has 0 saturated heterocycles. The molecule has 0 bridgehead atoms. The first kappa shape index (κ1) is 13.9. The van der Waals surface area contributed by atoms with Crippen LogP contribution in [0.2, 0.25) is 0 Å². The van der Waals surface area contributed by atoms with Crippen LogP contribution in [0.4, 0.5) is 0 Å². The van der Waals surface area contributed by atoms with Crippen molar-refractivity contribution in [1.82, 2.24) is 0 Å². The van der Waals surface area contributed by atoms with Gasteiger partial charge in [0.2, 0.25) is 0 Å². The Labute approximate surface area is 88.7 Å². The van der Waals surface area contributed by atoms with Gasteiger partial charge in [0.05, 0.1) is 18.8 Å².